The summed E-state index contributed by atoms with van der Waals surface area (Å²) in [6.07, 6.45) is 1.29. The Kier molecular flexibility index (Phi) is 5.39. The van der Waals surface area contributed by atoms with E-state index >= 15 is 0 Å². The second-order valence-electron chi connectivity index (χ2n) is 4.81. The second-order valence-corrected chi connectivity index (χ2v) is 4.81. The maximum Gasteiger partial charge on any atom is 0.245 e. The third-order valence-corrected chi connectivity index (χ3v) is 3.21. The first-order valence-corrected chi connectivity index (χ1v) is 6.98. The summed E-state index contributed by atoms with van der Waals surface area (Å²) >= 11 is 0. The first-order chi connectivity index (χ1) is 10.2. The van der Waals surface area contributed by atoms with E-state index in [-0.39, 0.29) is 5.91 Å². The van der Waals surface area contributed by atoms with Crippen molar-refractivity contribution in [3.63, 3.8) is 0 Å². The Labute approximate surface area is 123 Å². The van der Waals surface area contributed by atoms with Crippen LogP contribution in [0.1, 0.15) is 23.9 Å². The van der Waals surface area contributed by atoms with Gasteiger partial charge in [-0.1, -0.05) is 30.3 Å². The Morgan fingerprint density at radius 1 is 1.38 bits per heavy atom. The molecule has 7 heteroatoms. The fraction of sp³-hybridized carbons (Fsp3) is 0.429. The van der Waals surface area contributed by atoms with Crippen LogP contribution in [-0.2, 0) is 11.2 Å². The molecule has 0 aliphatic rings. The third-order valence-electron chi connectivity index (χ3n) is 3.21. The molecule has 0 bridgehead atoms. The summed E-state index contributed by atoms with van der Waals surface area (Å²) in [6, 6.07) is 9.36. The number of aryl methyl sites for hydroxylation is 1. The molecule has 1 amide bonds. The van der Waals surface area contributed by atoms with Crippen molar-refractivity contribution in [2.75, 3.05) is 13.1 Å². The number of carbonyl (C=O) groups excluding carboxylic acids is 1. The Morgan fingerprint density at radius 2 is 2.14 bits per heavy atom. The van der Waals surface area contributed by atoms with Gasteiger partial charge in [0.1, 0.15) is 11.9 Å². The predicted molar refractivity (Wildman–Crippen MR) is 78.4 cm³/mol. The molecule has 112 valence electrons. The molecule has 0 aliphatic heterocycles. The zero-order valence-electron chi connectivity index (χ0n) is 12.1. The molecular weight excluding hydrogens is 268 g/mol. The zero-order valence-corrected chi connectivity index (χ0v) is 12.1. The summed E-state index contributed by atoms with van der Waals surface area (Å²) in [6.45, 7) is 2.89. The van der Waals surface area contributed by atoms with E-state index in [1.54, 1.807) is 11.6 Å². The molecule has 1 aromatic carbocycles. The predicted octanol–water partition coefficient (Wildman–Crippen LogP) is 0.230. The monoisotopic (exact) mass is 288 g/mol. The molecule has 0 aliphatic carbocycles. The Morgan fingerprint density at radius 3 is 2.76 bits per heavy atom. The number of hydrogen-bond acceptors (Lipinski definition) is 5. The molecule has 0 radical (unpaired) electrons. The highest BCUT2D eigenvalue weighted by Crippen LogP contribution is 2.14. The van der Waals surface area contributed by atoms with E-state index in [2.05, 4.69) is 20.8 Å². The molecule has 3 N–H and O–H groups in total. The number of rotatable bonds is 7. The molecular formula is C14H20N6O. The molecule has 0 spiro atoms. The molecule has 1 heterocycles. The maximum atomic E-state index is 12.4. The van der Waals surface area contributed by atoms with E-state index < -0.39 is 6.04 Å². The van der Waals surface area contributed by atoms with E-state index in [1.807, 2.05) is 30.3 Å². The van der Waals surface area contributed by atoms with Crippen LogP contribution in [0.2, 0.25) is 0 Å². The van der Waals surface area contributed by atoms with E-state index in [9.17, 15) is 4.79 Å². The highest BCUT2D eigenvalue weighted by molar-refractivity contribution is 5.80. The average molecular weight is 288 g/mol. The van der Waals surface area contributed by atoms with Gasteiger partial charge in [0.05, 0.1) is 0 Å². The summed E-state index contributed by atoms with van der Waals surface area (Å²) in [5.74, 6) is 0.521. The summed E-state index contributed by atoms with van der Waals surface area (Å²) < 4.78 is 1.56. The molecule has 1 aromatic heterocycles. The van der Waals surface area contributed by atoms with Gasteiger partial charge < -0.3 is 11.1 Å². The molecule has 1 atom stereocenters. The van der Waals surface area contributed by atoms with Crippen LogP contribution in [0.5, 0.6) is 0 Å². The number of nitrogens with two attached hydrogens (primary N) is 1. The standard InChI is InChI=1S/C14H20N6O/c1-11-17-18-19-20(11)13(14(21)16-9-5-8-15)10-12-6-3-2-4-7-12/h2-4,6-7,13H,5,8-10,15H2,1H3,(H,16,21). The molecule has 2 aromatic rings. The average Bonchev–Trinajstić information content (AvgIpc) is 2.92. The smallest absolute Gasteiger partial charge is 0.245 e. The van der Waals surface area contributed by atoms with Crippen LogP contribution in [0.25, 0.3) is 0 Å². The Bertz CT molecular complexity index is 568. The van der Waals surface area contributed by atoms with E-state index in [1.165, 1.54) is 0 Å². The van der Waals surface area contributed by atoms with Gasteiger partial charge in [-0.25, -0.2) is 4.68 Å². The minimum absolute atomic E-state index is 0.0947. The fourth-order valence-corrected chi connectivity index (χ4v) is 2.09. The van der Waals surface area contributed by atoms with Crippen molar-refractivity contribution in [2.24, 2.45) is 5.73 Å². The van der Waals surface area contributed by atoms with E-state index in [0.717, 1.165) is 12.0 Å². The van der Waals surface area contributed by atoms with Crippen molar-refractivity contribution >= 4 is 5.91 Å². The van der Waals surface area contributed by atoms with Gasteiger partial charge in [-0.15, -0.1) is 5.10 Å². The number of amides is 1. The molecule has 1 unspecified atom stereocenters. The molecule has 7 nitrogen and oxygen atoms in total. The number of benzene rings is 1. The third kappa shape index (κ3) is 4.09. The first kappa shape index (κ1) is 15.1. The van der Waals surface area contributed by atoms with Gasteiger partial charge in [-0.3, -0.25) is 4.79 Å². The van der Waals surface area contributed by atoms with Gasteiger partial charge in [0.2, 0.25) is 5.91 Å². The van der Waals surface area contributed by atoms with E-state index in [4.69, 9.17) is 5.73 Å². The van der Waals surface area contributed by atoms with Gasteiger partial charge in [-0.2, -0.15) is 0 Å². The highest BCUT2D eigenvalue weighted by Gasteiger charge is 2.23. The summed E-state index contributed by atoms with van der Waals surface area (Å²) in [5, 5.41) is 14.3. The number of aromatic nitrogens is 4. The van der Waals surface area contributed by atoms with E-state index in [0.29, 0.717) is 25.3 Å². The van der Waals surface area contributed by atoms with Crippen molar-refractivity contribution in [3.8, 4) is 0 Å². The van der Waals surface area contributed by atoms with Gasteiger partial charge in [0, 0.05) is 13.0 Å². The lowest BCUT2D eigenvalue weighted by molar-refractivity contribution is -0.124. The lowest BCUT2D eigenvalue weighted by Crippen LogP contribution is -2.36. The summed E-state index contributed by atoms with van der Waals surface area (Å²) in [7, 11) is 0. The first-order valence-electron chi connectivity index (χ1n) is 6.98. The highest BCUT2D eigenvalue weighted by atomic mass is 16.2. The minimum atomic E-state index is -0.458. The van der Waals surface area contributed by atoms with Crippen LogP contribution >= 0.6 is 0 Å². The van der Waals surface area contributed by atoms with Crippen molar-refractivity contribution in [1.82, 2.24) is 25.5 Å². The van der Waals surface area contributed by atoms with Crippen LogP contribution in [0, 0.1) is 6.92 Å². The number of nitrogens with zero attached hydrogens (tertiary/aromatic N) is 4. The molecule has 0 fully saturated rings. The molecule has 2 rings (SSSR count). The normalized spacial score (nSPS) is 12.1. The van der Waals surface area contributed by atoms with Crippen LogP contribution in [0.15, 0.2) is 30.3 Å². The van der Waals surface area contributed by atoms with Crippen molar-refractivity contribution in [2.45, 2.75) is 25.8 Å². The van der Waals surface area contributed by atoms with Crippen LogP contribution in [-0.4, -0.2) is 39.2 Å². The van der Waals surface area contributed by atoms with Crippen LogP contribution in [0.3, 0.4) is 0 Å². The summed E-state index contributed by atoms with van der Waals surface area (Å²) in [5.41, 5.74) is 6.51. The lowest BCUT2D eigenvalue weighted by Gasteiger charge is -2.17. The van der Waals surface area contributed by atoms with Crippen molar-refractivity contribution < 1.29 is 4.79 Å². The summed E-state index contributed by atoms with van der Waals surface area (Å²) in [4.78, 5) is 12.4. The zero-order chi connectivity index (χ0) is 15.1. The number of tetrazole rings is 1. The van der Waals surface area contributed by atoms with Gasteiger partial charge in [0.25, 0.3) is 0 Å². The van der Waals surface area contributed by atoms with Gasteiger partial charge >= 0.3 is 0 Å². The molecule has 0 saturated carbocycles. The van der Waals surface area contributed by atoms with Crippen molar-refractivity contribution in [1.29, 1.82) is 0 Å². The number of carbonyl (C=O) groups is 1. The number of nitrogens with one attached hydrogen (secondary N) is 1. The van der Waals surface area contributed by atoms with Gasteiger partial charge in [-0.05, 0) is 35.9 Å². The van der Waals surface area contributed by atoms with Crippen molar-refractivity contribution in [3.05, 3.63) is 41.7 Å². The largest absolute Gasteiger partial charge is 0.354 e. The quantitative estimate of drug-likeness (QED) is 0.711. The SMILES string of the molecule is Cc1nnnn1C(Cc1ccccc1)C(=O)NCCCN. The van der Waals surface area contributed by atoms with Crippen LogP contribution in [0.4, 0.5) is 0 Å². The topological polar surface area (TPSA) is 98.7 Å². The second kappa shape index (κ2) is 7.49. The molecule has 21 heavy (non-hydrogen) atoms. The maximum absolute atomic E-state index is 12.4. The lowest BCUT2D eigenvalue weighted by atomic mass is 10.1. The minimum Gasteiger partial charge on any atom is -0.354 e. The fourth-order valence-electron chi connectivity index (χ4n) is 2.09. The van der Waals surface area contributed by atoms with Crippen LogP contribution < -0.4 is 11.1 Å². The number of hydrogen-bond donors (Lipinski definition) is 2. The Balaban J connectivity index is 2.15. The Hall–Kier alpha value is -2.28. The van der Waals surface area contributed by atoms with Gasteiger partial charge in [0.15, 0.2) is 0 Å². The molecule has 0 saturated heterocycles.